The molecular formula is C13H18O5. The SMILES string of the molecule is CCCCCCOc1c(C(=O)OC)occc1=O. The summed E-state index contributed by atoms with van der Waals surface area (Å²) in [6.45, 7) is 2.50. The monoisotopic (exact) mass is 254 g/mol. The maximum absolute atomic E-state index is 11.6. The van der Waals surface area contributed by atoms with E-state index < -0.39 is 5.97 Å². The standard InChI is InChI=1S/C13H18O5/c1-3-4-5-6-8-17-11-10(14)7-9-18-12(11)13(15)16-2/h7,9H,3-6,8H2,1-2H3. The number of carbonyl (C=O) groups excluding carboxylic acids is 1. The molecule has 1 rings (SSSR count). The van der Waals surface area contributed by atoms with Crippen LogP contribution < -0.4 is 10.2 Å². The molecule has 1 aromatic rings. The summed E-state index contributed by atoms with van der Waals surface area (Å²) in [4.78, 5) is 23.0. The zero-order chi connectivity index (χ0) is 13.4. The second-order valence-corrected chi connectivity index (χ2v) is 3.84. The molecule has 0 aliphatic rings. The van der Waals surface area contributed by atoms with E-state index in [1.165, 1.54) is 13.2 Å². The molecule has 0 bridgehead atoms. The lowest BCUT2D eigenvalue weighted by Gasteiger charge is -2.07. The van der Waals surface area contributed by atoms with Gasteiger partial charge in [-0.25, -0.2) is 4.79 Å². The number of methoxy groups -OCH3 is 1. The Balaban J connectivity index is 2.68. The third-order valence-electron chi connectivity index (χ3n) is 2.45. The van der Waals surface area contributed by atoms with Crippen LogP contribution in [0.1, 0.15) is 43.2 Å². The predicted octanol–water partition coefficient (Wildman–Crippen LogP) is 2.39. The van der Waals surface area contributed by atoms with Crippen molar-refractivity contribution in [3.05, 3.63) is 28.3 Å². The van der Waals surface area contributed by atoms with Gasteiger partial charge in [0.25, 0.3) is 5.76 Å². The number of rotatable bonds is 7. The van der Waals surface area contributed by atoms with Gasteiger partial charge in [0.2, 0.25) is 11.2 Å². The van der Waals surface area contributed by atoms with E-state index in [1.807, 2.05) is 0 Å². The summed E-state index contributed by atoms with van der Waals surface area (Å²) < 4.78 is 14.8. The minimum atomic E-state index is -0.712. The molecule has 0 aromatic carbocycles. The van der Waals surface area contributed by atoms with Crippen LogP contribution >= 0.6 is 0 Å². The van der Waals surface area contributed by atoms with Crippen molar-refractivity contribution in [1.82, 2.24) is 0 Å². The number of hydrogen-bond donors (Lipinski definition) is 0. The summed E-state index contributed by atoms with van der Waals surface area (Å²) in [6, 6.07) is 1.22. The van der Waals surface area contributed by atoms with E-state index in [1.54, 1.807) is 0 Å². The van der Waals surface area contributed by atoms with E-state index in [0.29, 0.717) is 6.61 Å². The normalized spacial score (nSPS) is 10.1. The van der Waals surface area contributed by atoms with Crippen molar-refractivity contribution >= 4 is 5.97 Å². The van der Waals surface area contributed by atoms with Gasteiger partial charge in [0.05, 0.1) is 20.0 Å². The first-order valence-corrected chi connectivity index (χ1v) is 6.03. The van der Waals surface area contributed by atoms with Crippen molar-refractivity contribution in [2.75, 3.05) is 13.7 Å². The molecule has 5 nitrogen and oxygen atoms in total. The Kier molecular flexibility index (Phi) is 5.97. The number of hydrogen-bond acceptors (Lipinski definition) is 5. The Morgan fingerprint density at radius 1 is 1.33 bits per heavy atom. The molecule has 0 aliphatic carbocycles. The molecule has 0 fully saturated rings. The second kappa shape index (κ2) is 7.53. The summed E-state index contributed by atoms with van der Waals surface area (Å²) in [7, 11) is 1.22. The Labute approximate surface area is 106 Å². The topological polar surface area (TPSA) is 65.7 Å². The summed E-state index contributed by atoms with van der Waals surface area (Å²) in [5, 5.41) is 0. The Morgan fingerprint density at radius 3 is 2.78 bits per heavy atom. The molecule has 0 N–H and O–H groups in total. The van der Waals surface area contributed by atoms with Crippen LogP contribution in [0.2, 0.25) is 0 Å². The van der Waals surface area contributed by atoms with Crippen molar-refractivity contribution < 1.29 is 18.7 Å². The minimum Gasteiger partial charge on any atom is -0.486 e. The number of esters is 1. The minimum absolute atomic E-state index is 0.0687. The maximum Gasteiger partial charge on any atom is 0.378 e. The van der Waals surface area contributed by atoms with Gasteiger partial charge in [0.15, 0.2) is 0 Å². The van der Waals surface area contributed by atoms with Gasteiger partial charge in [-0.05, 0) is 6.42 Å². The van der Waals surface area contributed by atoms with E-state index in [4.69, 9.17) is 9.15 Å². The molecule has 5 heteroatoms. The average Bonchev–Trinajstić information content (AvgIpc) is 2.39. The zero-order valence-electron chi connectivity index (χ0n) is 10.7. The molecule has 100 valence electrons. The van der Waals surface area contributed by atoms with Gasteiger partial charge < -0.3 is 13.9 Å². The molecule has 0 radical (unpaired) electrons. The van der Waals surface area contributed by atoms with Gasteiger partial charge in [-0.1, -0.05) is 26.2 Å². The highest BCUT2D eigenvalue weighted by molar-refractivity contribution is 5.88. The van der Waals surface area contributed by atoms with Crippen LogP contribution in [-0.2, 0) is 4.74 Å². The van der Waals surface area contributed by atoms with Crippen LogP contribution in [0.5, 0.6) is 5.75 Å². The van der Waals surface area contributed by atoms with Crippen LogP contribution in [0.3, 0.4) is 0 Å². The fourth-order valence-corrected chi connectivity index (χ4v) is 1.48. The third kappa shape index (κ3) is 3.91. The molecule has 0 spiro atoms. The fourth-order valence-electron chi connectivity index (χ4n) is 1.48. The molecule has 0 unspecified atom stereocenters. The highest BCUT2D eigenvalue weighted by Crippen LogP contribution is 2.14. The summed E-state index contributed by atoms with van der Waals surface area (Å²) in [5.74, 6) is -0.961. The van der Waals surface area contributed by atoms with Gasteiger partial charge in [-0.2, -0.15) is 0 Å². The molecule has 1 aromatic heterocycles. The molecule has 0 aliphatic heterocycles. The van der Waals surface area contributed by atoms with Gasteiger partial charge in [-0.3, -0.25) is 4.79 Å². The number of ether oxygens (including phenoxy) is 2. The lowest BCUT2D eigenvalue weighted by atomic mass is 10.2. The van der Waals surface area contributed by atoms with Crippen molar-refractivity contribution in [1.29, 1.82) is 0 Å². The quantitative estimate of drug-likeness (QED) is 0.552. The first-order valence-electron chi connectivity index (χ1n) is 6.03. The summed E-state index contributed by atoms with van der Waals surface area (Å²) >= 11 is 0. The maximum atomic E-state index is 11.6. The van der Waals surface area contributed by atoms with Crippen LogP contribution in [0, 0.1) is 0 Å². The Bertz CT molecular complexity index is 435. The molecular weight excluding hydrogens is 236 g/mol. The lowest BCUT2D eigenvalue weighted by Crippen LogP contribution is -2.14. The Hall–Kier alpha value is -1.78. The van der Waals surface area contributed by atoms with Crippen molar-refractivity contribution in [2.45, 2.75) is 32.6 Å². The van der Waals surface area contributed by atoms with Crippen LogP contribution in [0.25, 0.3) is 0 Å². The highest BCUT2D eigenvalue weighted by atomic mass is 16.5. The highest BCUT2D eigenvalue weighted by Gasteiger charge is 2.19. The van der Waals surface area contributed by atoms with Gasteiger partial charge in [0, 0.05) is 6.07 Å². The largest absolute Gasteiger partial charge is 0.486 e. The van der Waals surface area contributed by atoms with Crippen LogP contribution in [0.15, 0.2) is 21.5 Å². The third-order valence-corrected chi connectivity index (χ3v) is 2.45. The molecule has 0 atom stereocenters. The predicted molar refractivity (Wildman–Crippen MR) is 66.0 cm³/mol. The molecule has 0 amide bonds. The summed E-state index contributed by atoms with van der Waals surface area (Å²) in [6.07, 6.45) is 5.26. The van der Waals surface area contributed by atoms with E-state index in [0.717, 1.165) is 31.9 Å². The fraction of sp³-hybridized carbons (Fsp3) is 0.538. The van der Waals surface area contributed by atoms with Crippen molar-refractivity contribution in [2.24, 2.45) is 0 Å². The molecule has 0 saturated carbocycles. The zero-order valence-corrected chi connectivity index (χ0v) is 10.7. The van der Waals surface area contributed by atoms with Gasteiger partial charge in [-0.15, -0.1) is 0 Å². The van der Waals surface area contributed by atoms with Gasteiger partial charge >= 0.3 is 5.97 Å². The lowest BCUT2D eigenvalue weighted by molar-refractivity contribution is 0.0553. The van der Waals surface area contributed by atoms with Crippen LogP contribution in [0.4, 0.5) is 0 Å². The van der Waals surface area contributed by atoms with Crippen molar-refractivity contribution in [3.8, 4) is 5.75 Å². The summed E-state index contributed by atoms with van der Waals surface area (Å²) in [5.41, 5.74) is -0.378. The van der Waals surface area contributed by atoms with E-state index in [-0.39, 0.29) is 16.9 Å². The Morgan fingerprint density at radius 2 is 2.11 bits per heavy atom. The first kappa shape index (κ1) is 14.3. The van der Waals surface area contributed by atoms with Crippen LogP contribution in [-0.4, -0.2) is 19.7 Å². The smallest absolute Gasteiger partial charge is 0.378 e. The first-order chi connectivity index (χ1) is 8.70. The molecule has 1 heterocycles. The number of carbonyl (C=O) groups is 1. The van der Waals surface area contributed by atoms with Gasteiger partial charge in [0.1, 0.15) is 0 Å². The van der Waals surface area contributed by atoms with E-state index in [2.05, 4.69) is 11.7 Å². The molecule has 0 saturated heterocycles. The number of unbranched alkanes of at least 4 members (excludes halogenated alkanes) is 3. The molecule has 18 heavy (non-hydrogen) atoms. The van der Waals surface area contributed by atoms with E-state index >= 15 is 0 Å². The average molecular weight is 254 g/mol. The second-order valence-electron chi connectivity index (χ2n) is 3.84. The van der Waals surface area contributed by atoms with E-state index in [9.17, 15) is 9.59 Å². The van der Waals surface area contributed by atoms with Crippen molar-refractivity contribution in [3.63, 3.8) is 0 Å².